The summed E-state index contributed by atoms with van der Waals surface area (Å²) in [6.45, 7) is 1.86. The van der Waals surface area contributed by atoms with Gasteiger partial charge in [-0.1, -0.05) is 36.0 Å². The van der Waals surface area contributed by atoms with E-state index < -0.39 is 5.97 Å². The second kappa shape index (κ2) is 9.01. The van der Waals surface area contributed by atoms with Crippen LogP contribution in [0.4, 0.5) is 5.69 Å². The van der Waals surface area contributed by atoms with Gasteiger partial charge in [0.15, 0.2) is 11.6 Å². The molecular weight excluding hydrogens is 414 g/mol. The molecule has 0 aliphatic carbocycles. The van der Waals surface area contributed by atoms with E-state index in [0.29, 0.717) is 27.9 Å². The van der Waals surface area contributed by atoms with Crippen molar-refractivity contribution in [1.29, 1.82) is 0 Å². The topological polar surface area (TPSA) is 94.3 Å². The number of furan rings is 1. The average Bonchev–Trinajstić information content (AvgIpc) is 3.33. The number of rotatable bonds is 6. The predicted octanol–water partition coefficient (Wildman–Crippen LogP) is 4.72. The number of esters is 1. The molecule has 0 spiro atoms. The molecule has 4 aromatic rings. The first-order valence-electron chi connectivity index (χ1n) is 9.47. The zero-order chi connectivity index (χ0) is 21.8. The number of hydrogen-bond acceptors (Lipinski definition) is 7. The highest BCUT2D eigenvalue weighted by molar-refractivity contribution is 8.00. The van der Waals surface area contributed by atoms with Crippen LogP contribution < -0.4 is 5.32 Å². The molecule has 0 bridgehead atoms. The third-order valence-electron chi connectivity index (χ3n) is 4.58. The molecule has 0 fully saturated rings. The van der Waals surface area contributed by atoms with Crippen molar-refractivity contribution in [2.24, 2.45) is 0 Å². The summed E-state index contributed by atoms with van der Waals surface area (Å²) in [5.74, 6) is 0.501. The maximum absolute atomic E-state index is 12.6. The molecule has 0 saturated heterocycles. The number of anilines is 1. The third kappa shape index (κ3) is 4.59. The fraction of sp³-hybridized carbons (Fsp3) is 0.130. The van der Waals surface area contributed by atoms with Gasteiger partial charge in [0.05, 0.1) is 30.2 Å². The van der Waals surface area contributed by atoms with Crippen molar-refractivity contribution in [3.8, 4) is 11.6 Å². The van der Waals surface area contributed by atoms with Crippen molar-refractivity contribution in [3.63, 3.8) is 0 Å². The Morgan fingerprint density at radius 2 is 1.94 bits per heavy atom. The van der Waals surface area contributed by atoms with Crippen molar-refractivity contribution in [3.05, 3.63) is 72.0 Å². The number of thioether (sulfide) groups is 1. The van der Waals surface area contributed by atoms with Gasteiger partial charge in [0.25, 0.3) is 0 Å². The standard InChI is InChI=1S/C23H19N3O4S/c1-14-9-10-15(23(28)29-2)12-18(14)24-20(27)13-31-22-16-6-3-4-7-17(16)25-21(26-22)19-8-5-11-30-19/h3-12H,13H2,1-2H3,(H,24,27). The van der Waals surface area contributed by atoms with Gasteiger partial charge >= 0.3 is 5.97 Å². The molecule has 0 saturated carbocycles. The van der Waals surface area contributed by atoms with Gasteiger partial charge in [-0.3, -0.25) is 4.79 Å². The summed E-state index contributed by atoms with van der Waals surface area (Å²) in [6, 6.07) is 16.2. The number of aromatic nitrogens is 2. The van der Waals surface area contributed by atoms with Crippen LogP contribution in [0, 0.1) is 6.92 Å². The van der Waals surface area contributed by atoms with Gasteiger partial charge in [0, 0.05) is 11.1 Å². The second-order valence-corrected chi connectivity index (χ2v) is 7.67. The third-order valence-corrected chi connectivity index (χ3v) is 5.57. The molecule has 0 unspecified atom stereocenters. The molecule has 4 rings (SSSR count). The zero-order valence-electron chi connectivity index (χ0n) is 16.9. The van der Waals surface area contributed by atoms with Crippen LogP contribution in [0.25, 0.3) is 22.5 Å². The maximum Gasteiger partial charge on any atom is 0.337 e. The van der Waals surface area contributed by atoms with E-state index in [1.165, 1.54) is 18.9 Å². The molecule has 31 heavy (non-hydrogen) atoms. The van der Waals surface area contributed by atoms with Crippen molar-refractivity contribution in [2.45, 2.75) is 11.9 Å². The molecule has 0 atom stereocenters. The van der Waals surface area contributed by atoms with E-state index in [-0.39, 0.29) is 11.7 Å². The van der Waals surface area contributed by atoms with Gasteiger partial charge in [0.1, 0.15) is 5.03 Å². The summed E-state index contributed by atoms with van der Waals surface area (Å²) < 4.78 is 10.2. The summed E-state index contributed by atoms with van der Waals surface area (Å²) in [5.41, 5.74) is 2.56. The van der Waals surface area contributed by atoms with Crippen LogP contribution in [0.3, 0.4) is 0 Å². The van der Waals surface area contributed by atoms with Crippen LogP contribution in [0.2, 0.25) is 0 Å². The first-order valence-corrected chi connectivity index (χ1v) is 10.5. The molecule has 2 heterocycles. The Morgan fingerprint density at radius 3 is 2.71 bits per heavy atom. The number of fused-ring (bicyclic) bond motifs is 1. The van der Waals surface area contributed by atoms with Crippen LogP contribution in [0.15, 0.2) is 70.3 Å². The van der Waals surface area contributed by atoms with E-state index in [1.807, 2.05) is 31.2 Å². The number of carbonyl (C=O) groups is 2. The van der Waals surface area contributed by atoms with Crippen LogP contribution >= 0.6 is 11.8 Å². The molecule has 8 heteroatoms. The normalized spacial score (nSPS) is 10.8. The van der Waals surface area contributed by atoms with Gasteiger partial charge in [-0.2, -0.15) is 0 Å². The first-order chi connectivity index (χ1) is 15.0. The van der Waals surface area contributed by atoms with E-state index in [9.17, 15) is 9.59 Å². The lowest BCUT2D eigenvalue weighted by atomic mass is 10.1. The van der Waals surface area contributed by atoms with E-state index in [1.54, 1.807) is 36.6 Å². The largest absolute Gasteiger partial charge is 0.465 e. The van der Waals surface area contributed by atoms with Crippen molar-refractivity contribution >= 4 is 40.2 Å². The Hall–Kier alpha value is -3.65. The summed E-state index contributed by atoms with van der Waals surface area (Å²) in [7, 11) is 1.32. The van der Waals surface area contributed by atoms with E-state index in [4.69, 9.17) is 9.15 Å². The van der Waals surface area contributed by atoms with Gasteiger partial charge in [-0.25, -0.2) is 14.8 Å². The molecule has 0 aliphatic heterocycles. The highest BCUT2D eigenvalue weighted by Crippen LogP contribution is 2.29. The SMILES string of the molecule is COC(=O)c1ccc(C)c(NC(=O)CSc2nc(-c3ccco3)nc3ccccc23)c1. The van der Waals surface area contributed by atoms with E-state index in [2.05, 4.69) is 15.3 Å². The van der Waals surface area contributed by atoms with Gasteiger partial charge < -0.3 is 14.5 Å². The number of para-hydroxylation sites is 1. The lowest BCUT2D eigenvalue weighted by Crippen LogP contribution is -2.15. The minimum Gasteiger partial charge on any atom is -0.465 e. The molecule has 7 nitrogen and oxygen atoms in total. The van der Waals surface area contributed by atoms with E-state index in [0.717, 1.165) is 16.5 Å². The number of methoxy groups -OCH3 is 1. The first kappa shape index (κ1) is 20.6. The number of nitrogens with one attached hydrogen (secondary N) is 1. The summed E-state index contributed by atoms with van der Waals surface area (Å²) in [6.07, 6.45) is 1.57. The molecule has 156 valence electrons. The van der Waals surface area contributed by atoms with Crippen LogP contribution in [0.5, 0.6) is 0 Å². The Balaban J connectivity index is 1.54. The smallest absolute Gasteiger partial charge is 0.337 e. The van der Waals surface area contributed by atoms with Crippen molar-refractivity contribution in [1.82, 2.24) is 9.97 Å². The maximum atomic E-state index is 12.6. The predicted molar refractivity (Wildman–Crippen MR) is 119 cm³/mol. The molecular formula is C23H19N3O4S. The van der Waals surface area contributed by atoms with Crippen LogP contribution in [-0.4, -0.2) is 34.7 Å². The average molecular weight is 433 g/mol. The quantitative estimate of drug-likeness (QED) is 0.267. The summed E-state index contributed by atoms with van der Waals surface area (Å²) >= 11 is 1.31. The lowest BCUT2D eigenvalue weighted by molar-refractivity contribution is -0.113. The number of hydrogen-bond donors (Lipinski definition) is 1. The minimum atomic E-state index is -0.456. The highest BCUT2D eigenvalue weighted by atomic mass is 32.2. The Kier molecular flexibility index (Phi) is 5.99. The molecule has 2 aromatic heterocycles. The number of carbonyl (C=O) groups excluding carboxylic acids is 2. The monoisotopic (exact) mass is 433 g/mol. The van der Waals surface area contributed by atoms with Crippen LogP contribution in [-0.2, 0) is 9.53 Å². The summed E-state index contributed by atoms with van der Waals surface area (Å²) in [5, 5.41) is 4.41. The van der Waals surface area contributed by atoms with Crippen molar-refractivity contribution < 1.29 is 18.7 Å². The number of amides is 1. The number of benzene rings is 2. The van der Waals surface area contributed by atoms with Crippen LogP contribution in [0.1, 0.15) is 15.9 Å². The minimum absolute atomic E-state index is 0.139. The molecule has 2 aromatic carbocycles. The van der Waals surface area contributed by atoms with Gasteiger partial charge in [-0.15, -0.1) is 0 Å². The Morgan fingerprint density at radius 1 is 1.10 bits per heavy atom. The molecule has 1 N–H and O–H groups in total. The molecule has 0 radical (unpaired) electrons. The zero-order valence-corrected chi connectivity index (χ0v) is 17.7. The molecule has 0 aliphatic rings. The fourth-order valence-electron chi connectivity index (χ4n) is 3.00. The van der Waals surface area contributed by atoms with Gasteiger partial charge in [-0.05, 0) is 42.8 Å². The van der Waals surface area contributed by atoms with Crippen molar-refractivity contribution in [2.75, 3.05) is 18.2 Å². The Labute approximate surface area is 182 Å². The highest BCUT2D eigenvalue weighted by Gasteiger charge is 2.14. The number of nitrogens with zero attached hydrogens (tertiary/aromatic N) is 2. The number of ether oxygens (including phenoxy) is 1. The second-order valence-electron chi connectivity index (χ2n) is 6.70. The fourth-order valence-corrected chi connectivity index (χ4v) is 3.81. The van der Waals surface area contributed by atoms with E-state index >= 15 is 0 Å². The summed E-state index contributed by atoms with van der Waals surface area (Å²) in [4.78, 5) is 33.6. The lowest BCUT2D eigenvalue weighted by Gasteiger charge is -2.11. The number of aryl methyl sites for hydroxylation is 1. The molecule has 1 amide bonds. The Bertz CT molecular complexity index is 1260. The van der Waals surface area contributed by atoms with Gasteiger partial charge in [0.2, 0.25) is 5.91 Å².